The lowest BCUT2D eigenvalue weighted by atomic mass is 9.84. The number of methoxy groups -OCH3 is 1. The highest BCUT2D eigenvalue weighted by Gasteiger charge is 2.43. The second-order valence-electron chi connectivity index (χ2n) is 6.78. The molecule has 18 heavy (non-hydrogen) atoms. The van der Waals surface area contributed by atoms with E-state index in [4.69, 9.17) is 4.74 Å². The Labute approximate surface area is 111 Å². The van der Waals surface area contributed by atoms with Gasteiger partial charge in [0.05, 0.1) is 6.10 Å². The molecule has 1 aliphatic carbocycles. The fourth-order valence-corrected chi connectivity index (χ4v) is 4.08. The van der Waals surface area contributed by atoms with Gasteiger partial charge in [0, 0.05) is 38.3 Å². The highest BCUT2D eigenvalue weighted by Crippen LogP contribution is 2.35. The second-order valence-corrected chi connectivity index (χ2v) is 6.78. The molecule has 0 bridgehead atoms. The van der Waals surface area contributed by atoms with Crippen LogP contribution in [-0.2, 0) is 4.74 Å². The van der Waals surface area contributed by atoms with Gasteiger partial charge in [-0.15, -0.1) is 0 Å². The molecule has 0 aromatic carbocycles. The van der Waals surface area contributed by atoms with Crippen LogP contribution in [0.3, 0.4) is 0 Å². The number of piperazine rings is 1. The van der Waals surface area contributed by atoms with E-state index in [0.717, 1.165) is 24.0 Å². The summed E-state index contributed by atoms with van der Waals surface area (Å²) in [6, 6.07) is 2.41. The average Bonchev–Trinajstić information content (AvgIpc) is 2.73. The summed E-state index contributed by atoms with van der Waals surface area (Å²) in [5.41, 5.74) is 0. The quantitative estimate of drug-likeness (QED) is 0.764. The zero-order chi connectivity index (χ0) is 12.7. The number of fused-ring (bicyclic) bond motifs is 1. The first-order valence-corrected chi connectivity index (χ1v) is 7.71. The number of hydrogen-bond acceptors (Lipinski definition) is 3. The molecule has 3 fully saturated rings. The van der Waals surface area contributed by atoms with E-state index in [9.17, 15) is 0 Å². The van der Waals surface area contributed by atoms with Crippen molar-refractivity contribution in [2.45, 2.75) is 63.8 Å². The second kappa shape index (κ2) is 5.10. The molecule has 0 N–H and O–H groups in total. The zero-order valence-electron chi connectivity index (χ0n) is 12.1. The first-order chi connectivity index (χ1) is 8.69. The number of nitrogens with zero attached hydrogens (tertiary/aromatic N) is 2. The first-order valence-electron chi connectivity index (χ1n) is 7.71. The lowest BCUT2D eigenvalue weighted by Gasteiger charge is -2.52. The Hall–Kier alpha value is -0.120. The molecular weight excluding hydrogens is 224 g/mol. The minimum absolute atomic E-state index is 0.532. The molecule has 2 heterocycles. The molecule has 0 aromatic heterocycles. The summed E-state index contributed by atoms with van der Waals surface area (Å²) in [6.07, 6.45) is 5.87. The van der Waals surface area contributed by atoms with E-state index in [2.05, 4.69) is 23.6 Å². The SMILES string of the molecule is COC1CC(N2CC3CCCN3CC2C(C)C)C1. The Kier molecular flexibility index (Phi) is 3.65. The molecule has 2 aliphatic heterocycles. The van der Waals surface area contributed by atoms with Gasteiger partial charge in [0.15, 0.2) is 0 Å². The monoisotopic (exact) mass is 252 g/mol. The van der Waals surface area contributed by atoms with Crippen LogP contribution < -0.4 is 0 Å². The van der Waals surface area contributed by atoms with Gasteiger partial charge in [-0.2, -0.15) is 0 Å². The zero-order valence-corrected chi connectivity index (χ0v) is 12.1. The predicted octanol–water partition coefficient (Wildman–Crippen LogP) is 1.97. The van der Waals surface area contributed by atoms with Crippen LogP contribution in [0, 0.1) is 5.92 Å². The van der Waals surface area contributed by atoms with Crippen molar-refractivity contribution in [3.8, 4) is 0 Å². The molecule has 2 saturated heterocycles. The molecule has 1 saturated carbocycles. The number of hydrogen-bond donors (Lipinski definition) is 0. The van der Waals surface area contributed by atoms with Crippen LogP contribution in [0.15, 0.2) is 0 Å². The van der Waals surface area contributed by atoms with Gasteiger partial charge in [0.2, 0.25) is 0 Å². The lowest BCUT2D eigenvalue weighted by Crippen LogP contribution is -2.63. The maximum atomic E-state index is 5.45. The molecular formula is C15H28N2O. The summed E-state index contributed by atoms with van der Waals surface area (Å²) < 4.78 is 5.45. The van der Waals surface area contributed by atoms with Crippen molar-refractivity contribution < 1.29 is 4.74 Å². The molecule has 3 heteroatoms. The van der Waals surface area contributed by atoms with E-state index < -0.39 is 0 Å². The van der Waals surface area contributed by atoms with Gasteiger partial charge < -0.3 is 4.74 Å². The standard InChI is InChI=1S/C15H28N2O/c1-11(2)15-10-16-6-4-5-12(16)9-17(15)13-7-14(8-13)18-3/h11-15H,4-10H2,1-3H3. The fraction of sp³-hybridized carbons (Fsp3) is 1.00. The summed E-state index contributed by atoms with van der Waals surface area (Å²) in [4.78, 5) is 5.57. The van der Waals surface area contributed by atoms with Crippen molar-refractivity contribution in [1.29, 1.82) is 0 Å². The van der Waals surface area contributed by atoms with Crippen molar-refractivity contribution in [2.24, 2.45) is 5.92 Å². The predicted molar refractivity (Wildman–Crippen MR) is 73.7 cm³/mol. The van der Waals surface area contributed by atoms with Gasteiger partial charge in [-0.3, -0.25) is 9.80 Å². The molecule has 0 radical (unpaired) electrons. The highest BCUT2D eigenvalue weighted by molar-refractivity contribution is 4.99. The van der Waals surface area contributed by atoms with Crippen LogP contribution in [0.1, 0.15) is 39.5 Å². The summed E-state index contributed by atoms with van der Waals surface area (Å²) in [5, 5.41) is 0. The topological polar surface area (TPSA) is 15.7 Å². The highest BCUT2D eigenvalue weighted by atomic mass is 16.5. The van der Waals surface area contributed by atoms with E-state index >= 15 is 0 Å². The van der Waals surface area contributed by atoms with Crippen LogP contribution in [-0.4, -0.2) is 60.8 Å². The van der Waals surface area contributed by atoms with Crippen LogP contribution in [0.5, 0.6) is 0 Å². The molecule has 0 aromatic rings. The van der Waals surface area contributed by atoms with Crippen molar-refractivity contribution in [1.82, 2.24) is 9.80 Å². The molecule has 2 atom stereocenters. The minimum Gasteiger partial charge on any atom is -0.381 e. The van der Waals surface area contributed by atoms with Crippen molar-refractivity contribution >= 4 is 0 Å². The van der Waals surface area contributed by atoms with Crippen molar-refractivity contribution in [2.75, 3.05) is 26.7 Å². The van der Waals surface area contributed by atoms with Gasteiger partial charge in [0.1, 0.15) is 0 Å². The van der Waals surface area contributed by atoms with Gasteiger partial charge in [-0.05, 0) is 38.1 Å². The van der Waals surface area contributed by atoms with E-state index in [1.54, 1.807) is 0 Å². The van der Waals surface area contributed by atoms with E-state index in [1.807, 2.05) is 7.11 Å². The maximum Gasteiger partial charge on any atom is 0.0601 e. The number of rotatable bonds is 3. The Bertz CT molecular complexity index is 288. The molecule has 0 amide bonds. The molecule has 0 spiro atoms. The largest absolute Gasteiger partial charge is 0.381 e. The normalized spacial score (nSPS) is 42.0. The van der Waals surface area contributed by atoms with Crippen LogP contribution in [0.25, 0.3) is 0 Å². The van der Waals surface area contributed by atoms with Gasteiger partial charge >= 0.3 is 0 Å². The minimum atomic E-state index is 0.532. The summed E-state index contributed by atoms with van der Waals surface area (Å²) in [5.74, 6) is 0.771. The maximum absolute atomic E-state index is 5.45. The van der Waals surface area contributed by atoms with E-state index in [-0.39, 0.29) is 0 Å². The van der Waals surface area contributed by atoms with Gasteiger partial charge in [-0.1, -0.05) is 13.8 Å². The summed E-state index contributed by atoms with van der Waals surface area (Å²) in [6.45, 7) is 8.73. The molecule has 104 valence electrons. The fourth-order valence-electron chi connectivity index (χ4n) is 4.08. The van der Waals surface area contributed by atoms with Crippen LogP contribution in [0.4, 0.5) is 0 Å². The Balaban J connectivity index is 1.66. The molecule has 3 nitrogen and oxygen atoms in total. The van der Waals surface area contributed by atoms with Crippen molar-refractivity contribution in [3.63, 3.8) is 0 Å². The smallest absolute Gasteiger partial charge is 0.0601 e. The lowest BCUT2D eigenvalue weighted by molar-refractivity contribution is -0.0772. The number of ether oxygens (including phenoxy) is 1. The third kappa shape index (κ3) is 2.21. The van der Waals surface area contributed by atoms with Crippen LogP contribution in [0.2, 0.25) is 0 Å². The van der Waals surface area contributed by atoms with Gasteiger partial charge in [0.25, 0.3) is 0 Å². The third-order valence-electron chi connectivity index (χ3n) is 5.41. The van der Waals surface area contributed by atoms with Gasteiger partial charge in [-0.25, -0.2) is 0 Å². The Morgan fingerprint density at radius 1 is 1.11 bits per heavy atom. The Morgan fingerprint density at radius 2 is 1.89 bits per heavy atom. The summed E-state index contributed by atoms with van der Waals surface area (Å²) in [7, 11) is 1.86. The van der Waals surface area contributed by atoms with E-state index in [1.165, 1.54) is 45.3 Å². The Morgan fingerprint density at radius 3 is 2.56 bits per heavy atom. The van der Waals surface area contributed by atoms with Crippen LogP contribution >= 0.6 is 0 Å². The van der Waals surface area contributed by atoms with E-state index in [0.29, 0.717) is 6.10 Å². The van der Waals surface area contributed by atoms with Crippen molar-refractivity contribution in [3.05, 3.63) is 0 Å². The summed E-state index contributed by atoms with van der Waals surface area (Å²) >= 11 is 0. The first kappa shape index (κ1) is 12.9. The molecule has 3 rings (SSSR count). The third-order valence-corrected chi connectivity index (χ3v) is 5.41. The molecule has 3 aliphatic rings. The average molecular weight is 252 g/mol. The molecule has 2 unspecified atom stereocenters.